The number of rotatable bonds is 8. The Morgan fingerprint density at radius 3 is 1.82 bits per heavy atom. The minimum atomic E-state index is -1.60. The van der Waals surface area contributed by atoms with Crippen LogP contribution in [-0.2, 0) is 22.4 Å². The minimum absolute atomic E-state index is 0.104. The minimum Gasteiger partial charge on any atom is -0.465 e. The van der Waals surface area contributed by atoms with Crippen LogP contribution in [0, 0.1) is 5.92 Å². The lowest BCUT2D eigenvalue weighted by atomic mass is 9.69. The van der Waals surface area contributed by atoms with Gasteiger partial charge in [0, 0.05) is 68.1 Å². The number of nitrogens with zero attached hydrogens (tertiary/aromatic N) is 6. The second-order valence-electron chi connectivity index (χ2n) is 14.9. The van der Waals surface area contributed by atoms with Gasteiger partial charge < -0.3 is 14.6 Å². The molecular weight excluding hydrogens is 700 g/mol. The molecule has 13 nitrogen and oxygen atoms in total. The molecule has 2 N–H and O–H groups in total. The Hall–Kier alpha value is -6.18. The van der Waals surface area contributed by atoms with Crippen LogP contribution in [0.5, 0.6) is 0 Å². The molecule has 0 saturated carbocycles. The van der Waals surface area contributed by atoms with E-state index in [0.717, 1.165) is 11.1 Å². The fourth-order valence-corrected chi connectivity index (χ4v) is 9.72. The van der Waals surface area contributed by atoms with Gasteiger partial charge in [-0.2, -0.15) is 0 Å². The van der Waals surface area contributed by atoms with Gasteiger partial charge in [-0.05, 0) is 65.8 Å². The Labute approximate surface area is 316 Å². The van der Waals surface area contributed by atoms with Crippen molar-refractivity contribution in [3.63, 3.8) is 0 Å². The summed E-state index contributed by atoms with van der Waals surface area (Å²) in [5.74, 6) is -1.32. The Morgan fingerprint density at radius 2 is 1.25 bits per heavy atom. The molecule has 9 rings (SSSR count). The number of carbonyl (C=O) groups excluding carboxylic acids is 2. The fraction of sp³-hybridized carbons (Fsp3) is 0.286. The average Bonchev–Trinajstić information content (AvgIpc) is 4.05. The van der Waals surface area contributed by atoms with Crippen molar-refractivity contribution in [1.29, 1.82) is 0 Å². The lowest BCUT2D eigenvalue weighted by molar-refractivity contribution is -0.146. The SMILES string of the molecule is O=C(O)N1CCCC[C@@H]1C(=O)[N+]1(c2nnc([N+]3(C(=O)[C@@]4(Cc5ccccc5)C(Cc5ccccc5)CCCN4C(=O)O)C4=CC=C3C=C4)o2)C2=CC=C1C=C2. The summed E-state index contributed by atoms with van der Waals surface area (Å²) in [7, 11) is 0. The zero-order chi connectivity index (χ0) is 38.0. The van der Waals surface area contributed by atoms with Gasteiger partial charge in [0.2, 0.25) is 0 Å². The third kappa shape index (κ3) is 4.92. The molecule has 0 spiro atoms. The van der Waals surface area contributed by atoms with E-state index in [2.05, 4.69) is 10.2 Å². The topological polar surface area (TPSA) is 154 Å². The number of quaternary nitrogens is 2. The highest BCUT2D eigenvalue weighted by Gasteiger charge is 2.69. The van der Waals surface area contributed by atoms with Crippen molar-refractivity contribution in [2.45, 2.75) is 56.5 Å². The van der Waals surface area contributed by atoms with Crippen molar-refractivity contribution in [2.75, 3.05) is 13.1 Å². The predicted octanol–water partition coefficient (Wildman–Crippen LogP) is 6.59. The first-order valence-corrected chi connectivity index (χ1v) is 18.7. The van der Waals surface area contributed by atoms with E-state index in [1.54, 1.807) is 24.3 Å². The lowest BCUT2D eigenvalue weighted by Gasteiger charge is -2.50. The molecule has 55 heavy (non-hydrogen) atoms. The third-order valence-corrected chi connectivity index (χ3v) is 12.2. The molecule has 0 radical (unpaired) electrons. The van der Waals surface area contributed by atoms with E-state index in [9.17, 15) is 24.6 Å². The maximum atomic E-state index is 16.3. The Balaban J connectivity index is 1.22. The maximum Gasteiger partial charge on any atom is 0.447 e. The van der Waals surface area contributed by atoms with E-state index < -0.39 is 50.5 Å². The van der Waals surface area contributed by atoms with E-state index in [4.69, 9.17) is 4.42 Å². The zero-order valence-electron chi connectivity index (χ0n) is 30.0. The van der Waals surface area contributed by atoms with Crippen LogP contribution in [0.3, 0.4) is 0 Å². The predicted molar refractivity (Wildman–Crippen MR) is 201 cm³/mol. The van der Waals surface area contributed by atoms with E-state index in [-0.39, 0.29) is 31.5 Å². The number of fused-ring (bicyclic) bond motifs is 4. The Kier molecular flexibility index (Phi) is 8.17. The van der Waals surface area contributed by atoms with Gasteiger partial charge in [-0.3, -0.25) is 9.80 Å². The molecule has 4 bridgehead atoms. The van der Waals surface area contributed by atoms with Crippen molar-refractivity contribution < 1.29 is 33.8 Å². The zero-order valence-corrected chi connectivity index (χ0v) is 30.0. The summed E-state index contributed by atoms with van der Waals surface area (Å²) < 4.78 is 5.43. The molecule has 6 aliphatic heterocycles. The number of hydrogen-bond donors (Lipinski definition) is 2. The number of piperidine rings is 2. The molecule has 0 aliphatic carbocycles. The van der Waals surface area contributed by atoms with Crippen LogP contribution in [0.25, 0.3) is 0 Å². The van der Waals surface area contributed by atoms with Gasteiger partial charge in [0.15, 0.2) is 34.4 Å². The number of carboxylic acid groups (broad SMARTS) is 2. The van der Waals surface area contributed by atoms with Gasteiger partial charge in [-0.1, -0.05) is 60.7 Å². The number of hydrogen-bond acceptors (Lipinski definition) is 7. The number of carbonyl (C=O) groups is 4. The molecule has 2 aromatic carbocycles. The standard InChI is InChI=1S/C42H38N6O7/c49-36(35-15-7-8-24-45(35)40(51)52)47(31-16-17-32(47)19-18-31)38-43-44-39(55-38)48(33-20-21-34(48)23-22-33)37(50)42(27-29-12-5-2-6-13-29)30(14-9-25-46(42)41(53)54)26-28-10-3-1-4-11-28/h1-6,10-13,16-23,30,35H,7-9,14-15,24-27H2/p+2/t30?,35-,42-/m1/s1. The molecule has 2 saturated heterocycles. The number of allylic oxidation sites excluding steroid dienone is 8. The summed E-state index contributed by atoms with van der Waals surface area (Å²) in [6.07, 6.45) is 15.4. The van der Waals surface area contributed by atoms with E-state index in [1.807, 2.05) is 85.0 Å². The average molecular weight is 741 g/mol. The van der Waals surface area contributed by atoms with E-state index >= 15 is 4.79 Å². The highest BCUT2D eigenvalue weighted by molar-refractivity contribution is 6.05. The van der Waals surface area contributed by atoms with Gasteiger partial charge >= 0.3 is 36.0 Å². The third-order valence-electron chi connectivity index (χ3n) is 12.2. The first kappa shape index (κ1) is 34.6. The number of benzene rings is 2. The van der Waals surface area contributed by atoms with Crippen LogP contribution in [0.15, 0.2) is 136 Å². The largest absolute Gasteiger partial charge is 0.465 e. The first-order valence-electron chi connectivity index (χ1n) is 18.7. The van der Waals surface area contributed by atoms with Gasteiger partial charge in [0.1, 0.15) is 0 Å². The molecule has 3 aromatic rings. The van der Waals surface area contributed by atoms with Crippen LogP contribution in [0.4, 0.5) is 21.6 Å². The number of amides is 4. The molecule has 7 heterocycles. The number of aromatic nitrogens is 2. The highest BCUT2D eigenvalue weighted by Crippen LogP contribution is 2.53. The molecule has 3 atom stereocenters. The number of likely N-dealkylation sites (tertiary alicyclic amines) is 2. The smallest absolute Gasteiger partial charge is 0.447 e. The van der Waals surface area contributed by atoms with Crippen molar-refractivity contribution >= 4 is 36.0 Å². The summed E-state index contributed by atoms with van der Waals surface area (Å²) in [5, 5.41) is 30.2. The molecule has 13 heteroatoms. The second kappa shape index (κ2) is 13.0. The first-order chi connectivity index (χ1) is 26.7. The fourth-order valence-electron chi connectivity index (χ4n) is 9.72. The van der Waals surface area contributed by atoms with Crippen molar-refractivity contribution in [1.82, 2.24) is 29.0 Å². The van der Waals surface area contributed by atoms with Crippen LogP contribution >= 0.6 is 0 Å². The van der Waals surface area contributed by atoms with Gasteiger partial charge in [0.05, 0.1) is 0 Å². The molecule has 278 valence electrons. The molecular formula is C42H40N6O7+2. The maximum absolute atomic E-state index is 16.3. The molecule has 4 amide bonds. The van der Waals surface area contributed by atoms with E-state index in [0.29, 0.717) is 61.3 Å². The van der Waals surface area contributed by atoms with Crippen LogP contribution in [0.2, 0.25) is 0 Å². The lowest BCUT2D eigenvalue weighted by Crippen LogP contribution is -2.72. The molecule has 1 unspecified atom stereocenters. The Morgan fingerprint density at radius 1 is 0.691 bits per heavy atom. The Bertz CT molecular complexity index is 2260. The van der Waals surface area contributed by atoms with E-state index in [1.165, 1.54) is 9.80 Å². The van der Waals surface area contributed by atoms with Gasteiger partial charge in [0.25, 0.3) is 0 Å². The summed E-state index contributed by atoms with van der Waals surface area (Å²) in [6, 6.07) is 18.1. The van der Waals surface area contributed by atoms with Crippen LogP contribution in [-0.4, -0.2) is 78.9 Å². The molecule has 2 fully saturated rings. The van der Waals surface area contributed by atoms with Crippen LogP contribution in [0.1, 0.15) is 43.2 Å². The summed E-state index contributed by atoms with van der Waals surface area (Å²) >= 11 is 0. The highest BCUT2D eigenvalue weighted by atomic mass is 16.4. The monoisotopic (exact) mass is 740 g/mol. The summed E-state index contributed by atoms with van der Waals surface area (Å²) in [6.45, 7) is 0.381. The normalized spacial score (nSPS) is 25.4. The van der Waals surface area contributed by atoms with Crippen molar-refractivity contribution in [3.8, 4) is 0 Å². The molecule has 6 aliphatic rings. The van der Waals surface area contributed by atoms with Crippen molar-refractivity contribution in [2.24, 2.45) is 5.92 Å². The van der Waals surface area contributed by atoms with Gasteiger partial charge in [-0.15, -0.1) is 8.97 Å². The van der Waals surface area contributed by atoms with Crippen LogP contribution < -0.4 is 8.97 Å². The summed E-state index contributed by atoms with van der Waals surface area (Å²) in [5.41, 5.74) is 2.27. The quantitative estimate of drug-likeness (QED) is 0.244. The second-order valence-corrected chi connectivity index (χ2v) is 14.9. The van der Waals surface area contributed by atoms with Crippen molar-refractivity contribution in [3.05, 3.63) is 143 Å². The summed E-state index contributed by atoms with van der Waals surface area (Å²) in [4.78, 5) is 59.5. The molecule has 1 aromatic heterocycles. The van der Waals surface area contributed by atoms with Gasteiger partial charge in [-0.25, -0.2) is 19.2 Å².